The fourth-order valence-electron chi connectivity index (χ4n) is 1.90. The molecule has 0 bridgehead atoms. The molecule has 0 aromatic carbocycles. The number of nitrogens with zero attached hydrogens (tertiary/aromatic N) is 3. The normalized spacial score (nSPS) is 12.9. The molecule has 3 aromatic rings. The van der Waals surface area contributed by atoms with Crippen molar-refractivity contribution in [3.63, 3.8) is 0 Å². The quantitative estimate of drug-likeness (QED) is 0.713. The Hall–Kier alpha value is -1.50. The molecule has 3 rings (SSSR count). The van der Waals surface area contributed by atoms with Gasteiger partial charge in [-0.25, -0.2) is 0 Å². The molecular weight excluding hydrogens is 290 g/mol. The van der Waals surface area contributed by atoms with Crippen molar-refractivity contribution >= 4 is 22.7 Å². The van der Waals surface area contributed by atoms with Crippen LogP contribution in [0.2, 0.25) is 0 Å². The average Bonchev–Trinajstić information content (AvgIpc) is 3.18. The summed E-state index contributed by atoms with van der Waals surface area (Å²) in [6.07, 6.45) is 0. The first-order chi connectivity index (χ1) is 9.74. The van der Waals surface area contributed by atoms with Crippen molar-refractivity contribution in [2.45, 2.75) is 19.5 Å². The molecular formula is C14H15N3OS2. The summed E-state index contributed by atoms with van der Waals surface area (Å²) in [5.74, 6) is 1.26. The largest absolute Gasteiger partial charge is 0.418 e. The molecule has 0 aliphatic rings. The Balaban J connectivity index is 1.72. The molecule has 0 radical (unpaired) electrons. The highest BCUT2D eigenvalue weighted by molar-refractivity contribution is 7.13. The third-order valence-electron chi connectivity index (χ3n) is 3.20. The highest BCUT2D eigenvalue weighted by Crippen LogP contribution is 2.27. The summed E-state index contributed by atoms with van der Waals surface area (Å²) in [6.45, 7) is 2.96. The van der Waals surface area contributed by atoms with Crippen molar-refractivity contribution in [2.24, 2.45) is 0 Å². The van der Waals surface area contributed by atoms with Crippen LogP contribution in [0.15, 0.2) is 38.8 Å². The second-order valence-corrected chi connectivity index (χ2v) is 6.37. The molecule has 20 heavy (non-hydrogen) atoms. The van der Waals surface area contributed by atoms with E-state index < -0.39 is 0 Å². The van der Waals surface area contributed by atoms with Crippen LogP contribution in [-0.2, 0) is 6.54 Å². The Labute approximate surface area is 125 Å². The Morgan fingerprint density at radius 2 is 2.20 bits per heavy atom. The van der Waals surface area contributed by atoms with E-state index in [1.165, 1.54) is 5.56 Å². The van der Waals surface area contributed by atoms with Crippen molar-refractivity contribution < 1.29 is 4.42 Å². The lowest BCUT2D eigenvalue weighted by molar-refractivity contribution is 0.218. The Bertz CT molecular complexity index is 646. The second-order valence-electron chi connectivity index (χ2n) is 4.65. The van der Waals surface area contributed by atoms with E-state index in [0.29, 0.717) is 11.8 Å². The number of thiophene rings is 2. The molecule has 0 aliphatic heterocycles. The van der Waals surface area contributed by atoms with Crippen molar-refractivity contribution in [1.29, 1.82) is 0 Å². The minimum atomic E-state index is 0.0936. The second kappa shape index (κ2) is 5.87. The van der Waals surface area contributed by atoms with Crippen LogP contribution < -0.4 is 0 Å². The molecule has 3 aromatic heterocycles. The van der Waals surface area contributed by atoms with E-state index in [-0.39, 0.29) is 6.04 Å². The third-order valence-corrected chi connectivity index (χ3v) is 4.79. The first-order valence-corrected chi connectivity index (χ1v) is 8.15. The smallest absolute Gasteiger partial charge is 0.257 e. The first-order valence-electron chi connectivity index (χ1n) is 6.32. The van der Waals surface area contributed by atoms with Gasteiger partial charge in [-0.05, 0) is 47.8 Å². The Morgan fingerprint density at radius 3 is 2.90 bits per heavy atom. The average molecular weight is 305 g/mol. The zero-order valence-electron chi connectivity index (χ0n) is 11.3. The zero-order chi connectivity index (χ0) is 13.9. The lowest BCUT2D eigenvalue weighted by Gasteiger charge is -2.20. The topological polar surface area (TPSA) is 42.2 Å². The van der Waals surface area contributed by atoms with E-state index in [9.17, 15) is 0 Å². The number of hydrogen-bond acceptors (Lipinski definition) is 6. The van der Waals surface area contributed by atoms with Gasteiger partial charge in [0.15, 0.2) is 0 Å². The molecule has 0 N–H and O–H groups in total. The molecule has 3 heterocycles. The summed E-state index contributed by atoms with van der Waals surface area (Å²) < 4.78 is 5.78. The SMILES string of the molecule is C[C@@H](c1nnc(-c2cccs2)o1)N(C)Cc1ccsc1. The van der Waals surface area contributed by atoms with Gasteiger partial charge in [-0.1, -0.05) is 6.07 Å². The summed E-state index contributed by atoms with van der Waals surface area (Å²) in [7, 11) is 2.07. The van der Waals surface area contributed by atoms with Crippen LogP contribution in [-0.4, -0.2) is 22.1 Å². The van der Waals surface area contributed by atoms with Gasteiger partial charge < -0.3 is 4.42 Å². The van der Waals surface area contributed by atoms with Crippen LogP contribution >= 0.6 is 22.7 Å². The van der Waals surface area contributed by atoms with E-state index in [0.717, 1.165) is 11.4 Å². The van der Waals surface area contributed by atoms with Crippen molar-refractivity contribution in [1.82, 2.24) is 15.1 Å². The lowest BCUT2D eigenvalue weighted by Crippen LogP contribution is -2.21. The maximum absolute atomic E-state index is 5.78. The molecule has 0 unspecified atom stereocenters. The van der Waals surface area contributed by atoms with Crippen LogP contribution in [0.25, 0.3) is 10.8 Å². The molecule has 4 nitrogen and oxygen atoms in total. The van der Waals surface area contributed by atoms with Gasteiger partial charge in [0.25, 0.3) is 5.89 Å². The molecule has 6 heteroatoms. The van der Waals surface area contributed by atoms with Crippen LogP contribution in [0.5, 0.6) is 0 Å². The molecule has 0 fully saturated rings. The number of rotatable bonds is 5. The Kier molecular flexibility index (Phi) is 3.95. The van der Waals surface area contributed by atoms with Crippen LogP contribution in [0.1, 0.15) is 24.4 Å². The highest BCUT2D eigenvalue weighted by Gasteiger charge is 2.19. The molecule has 1 atom stereocenters. The maximum atomic E-state index is 5.78. The molecule has 0 saturated heterocycles. The van der Waals surface area contributed by atoms with E-state index in [1.807, 2.05) is 17.5 Å². The van der Waals surface area contributed by atoms with Gasteiger partial charge in [0, 0.05) is 6.54 Å². The van der Waals surface area contributed by atoms with Crippen molar-refractivity contribution in [2.75, 3.05) is 7.05 Å². The fraction of sp³-hybridized carbons (Fsp3) is 0.286. The first kappa shape index (κ1) is 13.5. The predicted octanol–water partition coefficient (Wildman–Crippen LogP) is 4.05. The number of aromatic nitrogens is 2. The van der Waals surface area contributed by atoms with E-state index in [4.69, 9.17) is 4.42 Å². The molecule has 0 saturated carbocycles. The van der Waals surface area contributed by atoms with Crippen molar-refractivity contribution in [3.05, 3.63) is 45.8 Å². The third kappa shape index (κ3) is 2.82. The van der Waals surface area contributed by atoms with Crippen LogP contribution in [0, 0.1) is 0 Å². The van der Waals surface area contributed by atoms with Gasteiger partial charge >= 0.3 is 0 Å². The summed E-state index contributed by atoms with van der Waals surface area (Å²) in [4.78, 5) is 3.21. The van der Waals surface area contributed by atoms with Gasteiger partial charge in [-0.3, -0.25) is 4.90 Å². The zero-order valence-corrected chi connectivity index (χ0v) is 12.9. The minimum Gasteiger partial charge on any atom is -0.418 e. The van der Waals surface area contributed by atoms with Gasteiger partial charge in [-0.2, -0.15) is 11.3 Å². The van der Waals surface area contributed by atoms with Gasteiger partial charge in [-0.15, -0.1) is 21.5 Å². The van der Waals surface area contributed by atoms with E-state index in [1.54, 1.807) is 22.7 Å². The summed E-state index contributed by atoms with van der Waals surface area (Å²) in [5, 5.41) is 14.6. The monoisotopic (exact) mass is 305 g/mol. The van der Waals surface area contributed by atoms with E-state index >= 15 is 0 Å². The summed E-state index contributed by atoms with van der Waals surface area (Å²) in [5.41, 5.74) is 1.31. The highest BCUT2D eigenvalue weighted by atomic mass is 32.1. The minimum absolute atomic E-state index is 0.0936. The lowest BCUT2D eigenvalue weighted by atomic mass is 10.2. The summed E-state index contributed by atoms with van der Waals surface area (Å²) >= 11 is 3.32. The van der Waals surface area contributed by atoms with Crippen LogP contribution in [0.4, 0.5) is 0 Å². The predicted molar refractivity (Wildman–Crippen MR) is 81.8 cm³/mol. The molecule has 0 aliphatic carbocycles. The summed E-state index contributed by atoms with van der Waals surface area (Å²) in [6, 6.07) is 6.20. The number of hydrogen-bond donors (Lipinski definition) is 0. The van der Waals surface area contributed by atoms with Gasteiger partial charge in [0.05, 0.1) is 10.9 Å². The van der Waals surface area contributed by atoms with Gasteiger partial charge in [0.2, 0.25) is 5.89 Å². The Morgan fingerprint density at radius 1 is 1.30 bits per heavy atom. The van der Waals surface area contributed by atoms with E-state index in [2.05, 4.69) is 45.9 Å². The fourth-order valence-corrected chi connectivity index (χ4v) is 3.20. The van der Waals surface area contributed by atoms with Crippen LogP contribution in [0.3, 0.4) is 0 Å². The van der Waals surface area contributed by atoms with Gasteiger partial charge in [0.1, 0.15) is 0 Å². The molecule has 104 valence electrons. The molecule has 0 amide bonds. The van der Waals surface area contributed by atoms with Crippen molar-refractivity contribution in [3.8, 4) is 10.8 Å². The molecule has 0 spiro atoms. The standard InChI is InChI=1S/C14H15N3OS2/c1-10(17(2)8-11-5-7-19-9-11)13-15-16-14(18-13)12-4-3-6-20-12/h3-7,9-10H,8H2,1-2H3/t10-/m0/s1. The maximum Gasteiger partial charge on any atom is 0.257 e.